The Balaban J connectivity index is 1.04. The van der Waals surface area contributed by atoms with Crippen LogP contribution in [0.3, 0.4) is 0 Å². The number of fused-ring (bicyclic) bond motifs is 7. The van der Waals surface area contributed by atoms with Gasteiger partial charge < -0.3 is 14.5 Å². The van der Waals surface area contributed by atoms with Gasteiger partial charge >= 0.3 is 0 Å². The van der Waals surface area contributed by atoms with Crippen LogP contribution in [0.25, 0.3) is 61.0 Å². The predicted octanol–water partition coefficient (Wildman–Crippen LogP) is 19.8. The molecule has 79 heavy (non-hydrogen) atoms. The molecule has 0 amide bonds. The molecule has 0 spiro atoms. The highest BCUT2D eigenvalue weighted by atomic mass is 16.5. The van der Waals surface area contributed by atoms with Gasteiger partial charge in [-0.3, -0.25) is 4.57 Å². The van der Waals surface area contributed by atoms with Crippen molar-refractivity contribution in [2.45, 2.75) is 90.9 Å². The van der Waals surface area contributed by atoms with Gasteiger partial charge in [0, 0.05) is 56.9 Å². The van der Waals surface area contributed by atoms with Crippen LogP contribution in [0.15, 0.2) is 219 Å². The lowest BCUT2D eigenvalue weighted by atomic mass is 9.74. The Hall–Kier alpha value is -8.67. The number of anilines is 4. The number of nitrogens with zero attached hydrogens (tertiary/aromatic N) is 4. The van der Waals surface area contributed by atoms with Crippen molar-refractivity contribution < 1.29 is 4.74 Å². The fraction of sp³-hybridized carbons (Fsp3) is 0.203. The first-order chi connectivity index (χ1) is 37.9. The highest BCUT2D eigenvalue weighted by Crippen LogP contribution is 2.56. The first-order valence-electron chi connectivity index (χ1n) is 28.0. The predicted molar refractivity (Wildman–Crippen MR) is 332 cm³/mol. The van der Waals surface area contributed by atoms with Crippen LogP contribution in [0.5, 0.6) is 11.5 Å². The number of aromatic nitrogens is 2. The highest BCUT2D eigenvalue weighted by molar-refractivity contribution is 6.10. The summed E-state index contributed by atoms with van der Waals surface area (Å²) < 4.78 is 9.98. The van der Waals surface area contributed by atoms with E-state index in [9.17, 15) is 0 Å². The van der Waals surface area contributed by atoms with Crippen LogP contribution in [-0.2, 0) is 21.7 Å². The molecule has 1 aliphatic heterocycles. The molecule has 2 aliphatic rings. The van der Waals surface area contributed by atoms with E-state index in [0.717, 1.165) is 56.5 Å². The maximum absolute atomic E-state index is 7.65. The number of hydrogen-bond donors (Lipinski definition) is 0. The van der Waals surface area contributed by atoms with Crippen LogP contribution in [0.1, 0.15) is 103 Å². The molecule has 0 radical (unpaired) electrons. The molecule has 0 fully saturated rings. The van der Waals surface area contributed by atoms with Crippen molar-refractivity contribution >= 4 is 44.6 Å². The van der Waals surface area contributed by atoms with Crippen LogP contribution in [0.2, 0.25) is 0 Å². The standard InChI is InChI=1S/C74H68N4O/c1-71(2,3)50-37-38-75-69(43-50)78-64-34-22-19-31-57(64)60-45-63(73(7,8)9)68(46-67(60)78)79-54-40-52(74(10)61-32-20-17-29-55(61)56-30-18-21-33-62(56)74)39-53(44-54)76-47-77(66-36-24-23-35-65(66)76)70-58(48-25-13-11-14-26-48)41-51(72(4,5)6)42-59(70)49-27-15-12-16-28-49/h11-46H,47H2,1-10H3. The van der Waals surface area contributed by atoms with Gasteiger partial charge in [-0.2, -0.15) is 0 Å². The third-order valence-electron chi connectivity index (χ3n) is 16.8. The van der Waals surface area contributed by atoms with Gasteiger partial charge in [-0.1, -0.05) is 202 Å². The summed E-state index contributed by atoms with van der Waals surface area (Å²) >= 11 is 0. The summed E-state index contributed by atoms with van der Waals surface area (Å²) in [5.74, 6) is 2.48. The van der Waals surface area contributed by atoms with Crippen LogP contribution >= 0.6 is 0 Å². The lowest BCUT2D eigenvalue weighted by molar-refractivity contribution is 0.455. The number of hydrogen-bond acceptors (Lipinski definition) is 4. The van der Waals surface area contributed by atoms with E-state index in [0.29, 0.717) is 6.67 Å². The molecule has 13 rings (SSSR count). The van der Waals surface area contributed by atoms with Crippen molar-refractivity contribution in [3.8, 4) is 50.7 Å². The Morgan fingerprint density at radius 3 is 1.62 bits per heavy atom. The van der Waals surface area contributed by atoms with E-state index in [1.165, 1.54) is 72.1 Å². The van der Waals surface area contributed by atoms with Crippen molar-refractivity contribution in [1.29, 1.82) is 0 Å². The minimum absolute atomic E-state index is 0.0536. The summed E-state index contributed by atoms with van der Waals surface area (Å²) in [5, 5.41) is 2.36. The van der Waals surface area contributed by atoms with Crippen molar-refractivity contribution in [2.75, 3.05) is 16.5 Å². The maximum Gasteiger partial charge on any atom is 0.137 e. The van der Waals surface area contributed by atoms with Gasteiger partial charge in [-0.25, -0.2) is 4.98 Å². The molecule has 0 unspecified atom stereocenters. The van der Waals surface area contributed by atoms with Gasteiger partial charge in [0.2, 0.25) is 0 Å². The lowest BCUT2D eigenvalue weighted by Crippen LogP contribution is -2.27. The minimum Gasteiger partial charge on any atom is -0.457 e. The summed E-state index contributed by atoms with van der Waals surface area (Å²) in [6.07, 6.45) is 1.95. The zero-order valence-electron chi connectivity index (χ0n) is 47.2. The van der Waals surface area contributed by atoms with Crippen molar-refractivity contribution in [1.82, 2.24) is 9.55 Å². The van der Waals surface area contributed by atoms with E-state index in [2.05, 4.69) is 296 Å². The second-order valence-electron chi connectivity index (χ2n) is 25.0. The van der Waals surface area contributed by atoms with Gasteiger partial charge in [0.15, 0.2) is 0 Å². The Morgan fingerprint density at radius 1 is 0.456 bits per heavy atom. The van der Waals surface area contributed by atoms with E-state index < -0.39 is 5.41 Å². The van der Waals surface area contributed by atoms with Crippen LogP contribution in [0.4, 0.5) is 22.7 Å². The Kier molecular flexibility index (Phi) is 11.7. The van der Waals surface area contributed by atoms with E-state index in [1.54, 1.807) is 0 Å². The van der Waals surface area contributed by atoms with Crippen LogP contribution in [-0.4, -0.2) is 16.2 Å². The second kappa shape index (κ2) is 18.5. The van der Waals surface area contributed by atoms with E-state index in [1.807, 2.05) is 6.20 Å². The van der Waals surface area contributed by atoms with Gasteiger partial charge in [-0.05, 0) is 134 Å². The number of rotatable bonds is 8. The van der Waals surface area contributed by atoms with Gasteiger partial charge in [0.1, 0.15) is 24.0 Å². The Labute approximate surface area is 466 Å². The third-order valence-corrected chi connectivity index (χ3v) is 16.8. The molecule has 5 heteroatoms. The summed E-state index contributed by atoms with van der Waals surface area (Å²) in [5.41, 5.74) is 20.5. The monoisotopic (exact) mass is 1030 g/mol. The van der Waals surface area contributed by atoms with E-state index >= 15 is 0 Å². The van der Waals surface area contributed by atoms with Gasteiger partial charge in [0.05, 0.1) is 28.1 Å². The molecule has 390 valence electrons. The zero-order valence-corrected chi connectivity index (χ0v) is 47.2. The molecule has 2 aromatic heterocycles. The Morgan fingerprint density at radius 2 is 1.01 bits per heavy atom. The number of pyridine rings is 1. The first kappa shape index (κ1) is 49.9. The van der Waals surface area contributed by atoms with Crippen molar-refractivity contribution in [3.63, 3.8) is 0 Å². The van der Waals surface area contributed by atoms with Gasteiger partial charge in [-0.15, -0.1) is 0 Å². The fourth-order valence-corrected chi connectivity index (χ4v) is 12.6. The largest absolute Gasteiger partial charge is 0.457 e. The second-order valence-corrected chi connectivity index (χ2v) is 25.0. The van der Waals surface area contributed by atoms with E-state index in [-0.39, 0.29) is 16.2 Å². The van der Waals surface area contributed by atoms with E-state index in [4.69, 9.17) is 9.72 Å². The summed E-state index contributed by atoms with van der Waals surface area (Å²) in [6.45, 7) is 23.6. The molecule has 0 N–H and O–H groups in total. The minimum atomic E-state index is -0.503. The molecule has 5 nitrogen and oxygen atoms in total. The lowest BCUT2D eigenvalue weighted by Gasteiger charge is -2.32. The number of para-hydroxylation sites is 3. The molecule has 0 saturated heterocycles. The molecular formula is C74H68N4O. The molecule has 0 saturated carbocycles. The number of benzene rings is 9. The summed E-state index contributed by atoms with van der Waals surface area (Å²) in [6, 6.07) is 78.4. The SMILES string of the molecule is CC(C)(C)c1ccnc(-n2c3ccccc3c3cc(C(C)(C)C)c(Oc4cc(N5CN(c6c(-c7ccccc7)cc(C(C)(C)C)cc6-c6ccccc6)c6ccccc65)cc(C5(C)c6ccccc6-c6ccccc65)c4)cc32)c1. The van der Waals surface area contributed by atoms with Crippen LogP contribution in [0, 0.1) is 0 Å². The molecule has 11 aromatic rings. The normalized spacial score (nSPS) is 13.9. The topological polar surface area (TPSA) is 33.5 Å². The maximum atomic E-state index is 7.65. The highest BCUT2D eigenvalue weighted by Gasteiger charge is 2.42. The first-order valence-corrected chi connectivity index (χ1v) is 28.0. The molecule has 0 bridgehead atoms. The molecule has 1 aliphatic carbocycles. The quantitative estimate of drug-likeness (QED) is 0.152. The third kappa shape index (κ3) is 8.41. The zero-order chi connectivity index (χ0) is 54.6. The average Bonchev–Trinajstić information content (AvgIpc) is 3.86. The summed E-state index contributed by atoms with van der Waals surface area (Å²) in [4.78, 5) is 10.1. The fourth-order valence-electron chi connectivity index (χ4n) is 12.6. The van der Waals surface area contributed by atoms with Crippen LogP contribution < -0.4 is 14.5 Å². The van der Waals surface area contributed by atoms with Gasteiger partial charge in [0.25, 0.3) is 0 Å². The number of ether oxygens (including phenoxy) is 1. The molecular weight excluding hydrogens is 961 g/mol. The average molecular weight is 1030 g/mol. The molecule has 0 atom stereocenters. The molecule has 3 heterocycles. The van der Waals surface area contributed by atoms with Crippen molar-refractivity contribution in [3.05, 3.63) is 252 Å². The smallest absolute Gasteiger partial charge is 0.137 e. The Bertz CT molecular complexity index is 4060. The molecule has 9 aromatic carbocycles. The van der Waals surface area contributed by atoms with Crippen molar-refractivity contribution in [2.24, 2.45) is 0 Å². The summed E-state index contributed by atoms with van der Waals surface area (Å²) in [7, 11) is 0.